The number of nitrogens with one attached hydrogen (secondary N) is 1. The molecule has 2 aromatic carbocycles. The van der Waals surface area contributed by atoms with E-state index in [0.717, 1.165) is 52.8 Å². The van der Waals surface area contributed by atoms with Gasteiger partial charge in [-0.2, -0.15) is 0 Å². The zero-order valence-corrected chi connectivity index (χ0v) is 20.3. The second kappa shape index (κ2) is 9.78. The van der Waals surface area contributed by atoms with E-state index in [1.807, 2.05) is 55.5 Å². The summed E-state index contributed by atoms with van der Waals surface area (Å²) in [6.45, 7) is 7.12. The molecule has 7 nitrogen and oxygen atoms in total. The first kappa shape index (κ1) is 22.9. The molecular weight excluding hydrogens is 440 g/mol. The fourth-order valence-corrected chi connectivity index (χ4v) is 4.16. The number of hydrogen-bond donors (Lipinski definition) is 1. The van der Waals surface area contributed by atoms with Crippen molar-refractivity contribution >= 4 is 16.9 Å². The Bertz CT molecular complexity index is 1340. The van der Waals surface area contributed by atoms with Gasteiger partial charge in [0.15, 0.2) is 5.82 Å². The van der Waals surface area contributed by atoms with E-state index in [-0.39, 0.29) is 11.9 Å². The summed E-state index contributed by atoms with van der Waals surface area (Å²) in [7, 11) is 0. The van der Waals surface area contributed by atoms with Gasteiger partial charge in [-0.25, -0.2) is 9.97 Å². The lowest BCUT2D eigenvalue weighted by molar-refractivity contribution is -0.119. The maximum atomic E-state index is 11.4. The molecule has 1 atom stereocenters. The van der Waals surface area contributed by atoms with Gasteiger partial charge in [-0.1, -0.05) is 12.1 Å². The summed E-state index contributed by atoms with van der Waals surface area (Å²) in [6.07, 6.45) is 4.24. The van der Waals surface area contributed by atoms with Crippen LogP contribution in [0.15, 0.2) is 60.8 Å². The molecule has 0 spiro atoms. The van der Waals surface area contributed by atoms with E-state index < -0.39 is 0 Å². The zero-order valence-electron chi connectivity index (χ0n) is 20.3. The van der Waals surface area contributed by atoms with Gasteiger partial charge in [0, 0.05) is 19.5 Å². The molecular formula is C28H30N4O3. The lowest BCUT2D eigenvalue weighted by atomic mass is 10.1. The van der Waals surface area contributed by atoms with Crippen LogP contribution in [0.2, 0.25) is 0 Å². The number of aryl methyl sites for hydroxylation is 1. The van der Waals surface area contributed by atoms with Crippen molar-refractivity contribution in [1.29, 1.82) is 0 Å². The smallest absolute Gasteiger partial charge is 0.217 e. The van der Waals surface area contributed by atoms with Gasteiger partial charge in [0.1, 0.15) is 22.9 Å². The molecule has 1 fully saturated rings. The first-order valence-electron chi connectivity index (χ1n) is 12.1. The highest BCUT2D eigenvalue weighted by Gasteiger charge is 2.22. The largest absolute Gasteiger partial charge is 0.493 e. The van der Waals surface area contributed by atoms with Gasteiger partial charge < -0.3 is 19.4 Å². The topological polar surface area (TPSA) is 78.3 Å². The number of pyridine rings is 1. The van der Waals surface area contributed by atoms with Crippen LogP contribution in [0.5, 0.6) is 17.2 Å². The van der Waals surface area contributed by atoms with E-state index >= 15 is 0 Å². The monoisotopic (exact) mass is 470 g/mol. The summed E-state index contributed by atoms with van der Waals surface area (Å²) in [5, 5.41) is 2.93. The Morgan fingerprint density at radius 2 is 1.94 bits per heavy atom. The Hall–Kier alpha value is -3.87. The number of nitrogens with zero attached hydrogens (tertiary/aromatic N) is 3. The fraction of sp³-hybridized carbons (Fsp3) is 0.321. The molecule has 1 saturated carbocycles. The van der Waals surface area contributed by atoms with Gasteiger partial charge >= 0.3 is 0 Å². The fourth-order valence-electron chi connectivity index (χ4n) is 4.16. The van der Waals surface area contributed by atoms with E-state index in [9.17, 15) is 4.79 Å². The van der Waals surface area contributed by atoms with Crippen molar-refractivity contribution in [3.8, 4) is 28.8 Å². The molecule has 7 heteroatoms. The number of carbonyl (C=O) groups is 1. The summed E-state index contributed by atoms with van der Waals surface area (Å²) in [5.74, 6) is 3.64. The molecule has 35 heavy (non-hydrogen) atoms. The third-order valence-corrected chi connectivity index (χ3v) is 6.20. The van der Waals surface area contributed by atoms with Crippen molar-refractivity contribution in [3.05, 3.63) is 66.4 Å². The maximum Gasteiger partial charge on any atom is 0.217 e. The predicted molar refractivity (Wildman–Crippen MR) is 136 cm³/mol. The minimum atomic E-state index is -0.0840. The summed E-state index contributed by atoms with van der Waals surface area (Å²) >= 11 is 0. The molecule has 1 amide bonds. The summed E-state index contributed by atoms with van der Waals surface area (Å²) in [4.78, 5) is 21.0. The number of hydrogen-bond acceptors (Lipinski definition) is 5. The van der Waals surface area contributed by atoms with E-state index in [1.54, 1.807) is 6.20 Å². The normalized spacial score (nSPS) is 14.0. The van der Waals surface area contributed by atoms with Crippen LogP contribution in [-0.4, -0.2) is 27.0 Å². The molecule has 180 valence electrons. The Labute approximate surface area is 205 Å². The van der Waals surface area contributed by atoms with Gasteiger partial charge in [0.05, 0.1) is 29.9 Å². The first-order chi connectivity index (χ1) is 17.0. The van der Waals surface area contributed by atoms with Crippen LogP contribution in [0, 0.1) is 5.92 Å². The van der Waals surface area contributed by atoms with Crippen LogP contribution in [-0.2, 0) is 11.3 Å². The summed E-state index contributed by atoms with van der Waals surface area (Å²) < 4.78 is 14.0. The molecule has 0 saturated heterocycles. The lowest BCUT2D eigenvalue weighted by Gasteiger charge is -2.12. The number of rotatable bonds is 9. The molecule has 0 radical (unpaired) electrons. The van der Waals surface area contributed by atoms with Crippen LogP contribution in [0.25, 0.3) is 22.6 Å². The molecule has 2 heterocycles. The van der Waals surface area contributed by atoms with Gasteiger partial charge in [-0.3, -0.25) is 4.79 Å². The Morgan fingerprint density at radius 3 is 2.66 bits per heavy atom. The third kappa shape index (κ3) is 5.29. The molecule has 1 N–H and O–H groups in total. The van der Waals surface area contributed by atoms with Crippen molar-refractivity contribution in [2.24, 2.45) is 5.92 Å². The van der Waals surface area contributed by atoms with Crippen molar-refractivity contribution in [3.63, 3.8) is 0 Å². The van der Waals surface area contributed by atoms with Crippen molar-refractivity contribution in [2.45, 2.75) is 46.2 Å². The minimum absolute atomic E-state index is 0.0543. The molecule has 1 unspecified atom stereocenters. The lowest BCUT2D eigenvalue weighted by Crippen LogP contribution is -2.23. The highest BCUT2D eigenvalue weighted by atomic mass is 16.5. The van der Waals surface area contributed by atoms with E-state index in [2.05, 4.69) is 27.9 Å². The number of imidazole rings is 1. The second-order valence-electron chi connectivity index (χ2n) is 9.06. The molecule has 1 aliphatic rings. The Kier molecular flexibility index (Phi) is 6.40. The van der Waals surface area contributed by atoms with Crippen LogP contribution in [0.1, 0.15) is 45.2 Å². The Morgan fingerprint density at radius 1 is 1.11 bits per heavy atom. The number of amides is 1. The van der Waals surface area contributed by atoms with Crippen LogP contribution >= 0.6 is 0 Å². The third-order valence-electron chi connectivity index (χ3n) is 6.20. The summed E-state index contributed by atoms with van der Waals surface area (Å²) in [5.41, 5.74) is 3.70. The quantitative estimate of drug-likeness (QED) is 0.330. The zero-order chi connectivity index (χ0) is 24.4. The van der Waals surface area contributed by atoms with E-state index in [0.29, 0.717) is 11.7 Å². The maximum absolute atomic E-state index is 11.4. The highest BCUT2D eigenvalue weighted by molar-refractivity contribution is 5.81. The number of fused-ring (bicyclic) bond motifs is 1. The van der Waals surface area contributed by atoms with Gasteiger partial charge in [0.25, 0.3) is 0 Å². The molecule has 0 aliphatic heterocycles. The second-order valence-corrected chi connectivity index (χ2v) is 9.06. The molecule has 4 aromatic rings. The van der Waals surface area contributed by atoms with E-state index in [1.165, 1.54) is 19.8 Å². The molecule has 0 bridgehead atoms. The number of carbonyl (C=O) groups excluding carboxylic acids is 1. The Balaban J connectivity index is 1.35. The number of ether oxygens (including phenoxy) is 2. The van der Waals surface area contributed by atoms with Gasteiger partial charge in [-0.05, 0) is 74.6 Å². The average Bonchev–Trinajstić information content (AvgIpc) is 3.61. The predicted octanol–water partition coefficient (Wildman–Crippen LogP) is 5.90. The SMILES string of the molecule is CCn1c(-c2ccc(Oc3cccc(OCC4CC4)c3)cn2)nc2cc(C(C)NC(C)=O)ccc21. The molecule has 2 aromatic heterocycles. The standard InChI is InChI=1S/C28H30N4O3/c1-4-32-27-13-10-21(18(2)30-19(3)33)14-26(27)31-28(32)25-12-11-24(16-29-25)35-23-7-5-6-22(15-23)34-17-20-8-9-20/h5-7,10-16,18,20H,4,8-9,17H2,1-3H3,(H,30,33). The van der Waals surface area contributed by atoms with Crippen LogP contribution in [0.3, 0.4) is 0 Å². The van der Waals surface area contributed by atoms with Crippen molar-refractivity contribution < 1.29 is 14.3 Å². The van der Waals surface area contributed by atoms with Gasteiger partial charge in [-0.15, -0.1) is 0 Å². The summed E-state index contributed by atoms with van der Waals surface area (Å²) in [6, 6.07) is 17.6. The van der Waals surface area contributed by atoms with E-state index in [4.69, 9.17) is 14.5 Å². The van der Waals surface area contributed by atoms with Crippen LogP contribution in [0.4, 0.5) is 0 Å². The molecule has 5 rings (SSSR count). The highest BCUT2D eigenvalue weighted by Crippen LogP contribution is 2.32. The van der Waals surface area contributed by atoms with Crippen molar-refractivity contribution in [1.82, 2.24) is 19.9 Å². The van der Waals surface area contributed by atoms with Crippen molar-refractivity contribution in [2.75, 3.05) is 6.61 Å². The molecule has 1 aliphatic carbocycles. The number of benzene rings is 2. The average molecular weight is 471 g/mol. The number of aromatic nitrogens is 3. The minimum Gasteiger partial charge on any atom is -0.493 e. The first-order valence-corrected chi connectivity index (χ1v) is 12.1. The van der Waals surface area contributed by atoms with Crippen LogP contribution < -0.4 is 14.8 Å². The van der Waals surface area contributed by atoms with Gasteiger partial charge in [0.2, 0.25) is 5.91 Å².